The number of carbonyl (C=O) groups excluding carboxylic acids is 2. The maximum atomic E-state index is 13.8. The van der Waals surface area contributed by atoms with Gasteiger partial charge >= 0.3 is 18.1 Å². The number of rotatable bonds is 10. The van der Waals surface area contributed by atoms with E-state index in [-0.39, 0.29) is 26.1 Å². The molecule has 0 bridgehead atoms. The molecule has 1 saturated heterocycles. The molecule has 3 unspecified atom stereocenters. The molecule has 2 N–H and O–H groups in total. The van der Waals surface area contributed by atoms with E-state index in [9.17, 15) is 33.0 Å². The fraction of sp³-hybridized carbons (Fsp3) is 0.688. The van der Waals surface area contributed by atoms with Crippen molar-refractivity contribution < 1.29 is 56.7 Å². The molecule has 0 radical (unpaired) electrons. The molecule has 0 saturated carbocycles. The zero-order chi connectivity index (χ0) is 33.2. The standard InChI is InChI=1S/C30H38F3NO9.C2H6/c1-27(2,37)7-4-9-29(38,15-23(35)40-16-30(31,32)33)26(36)43-25-22(39-3)14-28-8-5-10-34(28)11-6-18-12-20-21(42-17-41-20)13-19(18)24(25)28;1-2/h12-14,24-25,37-38H,4-11,15-17H2,1-3H3;1-2H3/t24?,25?,28?,29-;/m0./s1. The van der Waals surface area contributed by atoms with Crippen LogP contribution in [0.1, 0.15) is 83.3 Å². The Morgan fingerprint density at radius 1 is 1.09 bits per heavy atom. The number of ether oxygens (including phenoxy) is 5. The zero-order valence-corrected chi connectivity index (χ0v) is 26.5. The van der Waals surface area contributed by atoms with E-state index >= 15 is 0 Å². The minimum atomic E-state index is -4.78. The van der Waals surface area contributed by atoms with Gasteiger partial charge in [0, 0.05) is 6.54 Å². The minimum Gasteiger partial charge on any atom is -0.497 e. The molecule has 13 heteroatoms. The summed E-state index contributed by atoms with van der Waals surface area (Å²) in [5.74, 6) is -1.49. The second-order valence-electron chi connectivity index (χ2n) is 12.4. The van der Waals surface area contributed by atoms with Crippen LogP contribution in [0.25, 0.3) is 0 Å². The largest absolute Gasteiger partial charge is 0.497 e. The van der Waals surface area contributed by atoms with Crippen LogP contribution in [0.15, 0.2) is 24.0 Å². The molecular formula is C32H44F3NO9. The Balaban J connectivity index is 0.00000226. The average molecular weight is 644 g/mol. The lowest BCUT2D eigenvalue weighted by molar-refractivity contribution is -0.193. The predicted octanol–water partition coefficient (Wildman–Crippen LogP) is 4.54. The summed E-state index contributed by atoms with van der Waals surface area (Å²) >= 11 is 0. The molecule has 1 aromatic rings. The van der Waals surface area contributed by atoms with Gasteiger partial charge in [-0.1, -0.05) is 13.8 Å². The quantitative estimate of drug-likeness (QED) is 0.352. The highest BCUT2D eigenvalue weighted by molar-refractivity contribution is 5.86. The highest BCUT2D eigenvalue weighted by Gasteiger charge is 2.59. The lowest BCUT2D eigenvalue weighted by Gasteiger charge is -2.39. The number of methoxy groups -OCH3 is 1. The van der Waals surface area contributed by atoms with Crippen LogP contribution in [0, 0.1) is 0 Å². The van der Waals surface area contributed by atoms with E-state index < -0.39 is 59.9 Å². The van der Waals surface area contributed by atoms with Gasteiger partial charge < -0.3 is 33.9 Å². The van der Waals surface area contributed by atoms with Crippen molar-refractivity contribution in [1.82, 2.24) is 4.90 Å². The van der Waals surface area contributed by atoms with Gasteiger partial charge in [0.05, 0.1) is 30.6 Å². The fourth-order valence-electron chi connectivity index (χ4n) is 6.85. The van der Waals surface area contributed by atoms with Crippen LogP contribution < -0.4 is 9.47 Å². The topological polar surface area (TPSA) is 124 Å². The van der Waals surface area contributed by atoms with Crippen molar-refractivity contribution in [3.8, 4) is 11.5 Å². The number of nitrogens with zero attached hydrogens (tertiary/aromatic N) is 1. The van der Waals surface area contributed by atoms with E-state index in [0.29, 0.717) is 23.7 Å². The van der Waals surface area contributed by atoms with E-state index in [1.807, 2.05) is 32.1 Å². The molecule has 4 aliphatic rings. The summed E-state index contributed by atoms with van der Waals surface area (Å²) in [5.41, 5.74) is -2.34. The molecule has 5 rings (SSSR count). The number of hydrogen-bond acceptors (Lipinski definition) is 10. The van der Waals surface area contributed by atoms with Crippen molar-refractivity contribution in [2.45, 2.75) is 108 Å². The van der Waals surface area contributed by atoms with Gasteiger partial charge in [-0.2, -0.15) is 13.2 Å². The van der Waals surface area contributed by atoms with Crippen molar-refractivity contribution in [2.75, 3.05) is 33.6 Å². The van der Waals surface area contributed by atoms with Gasteiger partial charge in [0.25, 0.3) is 0 Å². The minimum absolute atomic E-state index is 0.0761. The maximum Gasteiger partial charge on any atom is 0.422 e. The molecule has 252 valence electrons. The SMILES string of the molecule is CC.COC1=CC23CCCN2CCc2cc4c(cc2C3C1OC(=O)[C@](O)(CCCC(C)(C)O)CC(=O)OCC(F)(F)F)OCO4. The second kappa shape index (κ2) is 13.4. The van der Waals surface area contributed by atoms with Crippen LogP contribution in [0.4, 0.5) is 13.2 Å². The first kappa shape index (κ1) is 34.8. The van der Waals surface area contributed by atoms with Crippen LogP contribution >= 0.6 is 0 Å². The highest BCUT2D eigenvalue weighted by Crippen LogP contribution is 2.55. The number of esters is 2. The Labute approximate surface area is 261 Å². The van der Waals surface area contributed by atoms with Crippen molar-refractivity contribution in [2.24, 2.45) is 0 Å². The van der Waals surface area contributed by atoms with Crippen LogP contribution in [-0.4, -0.2) is 89.7 Å². The van der Waals surface area contributed by atoms with Crippen molar-refractivity contribution in [3.05, 3.63) is 35.1 Å². The zero-order valence-electron chi connectivity index (χ0n) is 26.5. The second-order valence-corrected chi connectivity index (χ2v) is 12.4. The van der Waals surface area contributed by atoms with E-state index in [1.165, 1.54) is 21.0 Å². The van der Waals surface area contributed by atoms with E-state index in [0.717, 1.165) is 37.1 Å². The van der Waals surface area contributed by atoms with Crippen LogP contribution in [0.3, 0.4) is 0 Å². The summed E-state index contributed by atoms with van der Waals surface area (Å²) in [5, 5.41) is 21.7. The summed E-state index contributed by atoms with van der Waals surface area (Å²) in [7, 11) is 1.46. The highest BCUT2D eigenvalue weighted by atomic mass is 19.4. The first-order valence-corrected chi connectivity index (χ1v) is 15.5. The van der Waals surface area contributed by atoms with Gasteiger partial charge in [-0.05, 0) is 88.3 Å². The molecule has 4 atom stereocenters. The van der Waals surface area contributed by atoms with Gasteiger partial charge in [0.1, 0.15) is 5.76 Å². The lowest BCUT2D eigenvalue weighted by Crippen LogP contribution is -2.49. The van der Waals surface area contributed by atoms with Gasteiger partial charge in [-0.3, -0.25) is 9.69 Å². The monoisotopic (exact) mass is 643 g/mol. The summed E-state index contributed by atoms with van der Waals surface area (Å²) in [6.45, 7) is 6.87. The summed E-state index contributed by atoms with van der Waals surface area (Å²) < 4.78 is 65.4. The molecule has 1 fully saturated rings. The third-order valence-corrected chi connectivity index (χ3v) is 8.79. The van der Waals surface area contributed by atoms with E-state index in [1.54, 1.807) is 0 Å². The van der Waals surface area contributed by atoms with Gasteiger partial charge in [0.2, 0.25) is 6.79 Å². The van der Waals surface area contributed by atoms with Crippen molar-refractivity contribution in [1.29, 1.82) is 0 Å². The molecule has 10 nitrogen and oxygen atoms in total. The molecule has 3 heterocycles. The predicted molar refractivity (Wildman–Crippen MR) is 156 cm³/mol. The average Bonchev–Trinajstić information content (AvgIpc) is 3.65. The molecule has 1 aliphatic carbocycles. The van der Waals surface area contributed by atoms with Crippen molar-refractivity contribution in [3.63, 3.8) is 0 Å². The number of carbonyl (C=O) groups is 2. The van der Waals surface area contributed by atoms with Crippen molar-refractivity contribution >= 4 is 11.9 Å². The Morgan fingerprint density at radius 3 is 2.42 bits per heavy atom. The molecule has 0 aromatic heterocycles. The smallest absolute Gasteiger partial charge is 0.422 e. The molecular weight excluding hydrogens is 599 g/mol. The van der Waals surface area contributed by atoms with Crippen LogP contribution in [-0.2, 0) is 30.2 Å². The Kier molecular flexibility index (Phi) is 10.3. The summed E-state index contributed by atoms with van der Waals surface area (Å²) in [4.78, 5) is 28.6. The van der Waals surface area contributed by atoms with Gasteiger partial charge in [-0.15, -0.1) is 0 Å². The molecule has 1 aromatic carbocycles. The lowest BCUT2D eigenvalue weighted by atomic mass is 9.77. The van der Waals surface area contributed by atoms with Crippen LogP contribution in [0.2, 0.25) is 0 Å². The van der Waals surface area contributed by atoms with E-state index in [4.69, 9.17) is 18.9 Å². The molecule has 45 heavy (non-hydrogen) atoms. The number of benzene rings is 1. The number of aliphatic hydroxyl groups is 2. The third-order valence-electron chi connectivity index (χ3n) is 8.79. The first-order chi connectivity index (χ1) is 21.1. The molecule has 1 spiro atoms. The Morgan fingerprint density at radius 2 is 1.78 bits per heavy atom. The normalized spacial score (nSPS) is 25.0. The number of fused-ring (bicyclic) bond motifs is 3. The Hall–Kier alpha value is -3.03. The summed E-state index contributed by atoms with van der Waals surface area (Å²) in [6, 6.07) is 3.82. The van der Waals surface area contributed by atoms with E-state index in [2.05, 4.69) is 9.64 Å². The van der Waals surface area contributed by atoms with Gasteiger partial charge in [-0.25, -0.2) is 4.79 Å². The number of alkyl halides is 3. The number of halogens is 3. The first-order valence-electron chi connectivity index (χ1n) is 15.5. The summed E-state index contributed by atoms with van der Waals surface area (Å²) in [6.07, 6.45) is -2.64. The van der Waals surface area contributed by atoms with Crippen LogP contribution in [0.5, 0.6) is 11.5 Å². The third kappa shape index (κ3) is 7.52. The fourth-order valence-corrected chi connectivity index (χ4v) is 6.85. The number of hydrogen-bond donors (Lipinski definition) is 2. The molecule has 0 amide bonds. The van der Waals surface area contributed by atoms with Gasteiger partial charge in [0.15, 0.2) is 29.8 Å². The molecule has 3 aliphatic heterocycles. The Bertz CT molecular complexity index is 1280. The maximum absolute atomic E-state index is 13.8.